The van der Waals surface area contributed by atoms with Gasteiger partial charge in [-0.05, 0) is 36.2 Å². The molecule has 0 atom stereocenters. The molecule has 0 aromatic heterocycles. The van der Waals surface area contributed by atoms with E-state index in [-0.39, 0.29) is 0 Å². The zero-order valence-electron chi connectivity index (χ0n) is 10.3. The van der Waals surface area contributed by atoms with Crippen molar-refractivity contribution in [2.24, 2.45) is 0 Å². The van der Waals surface area contributed by atoms with Gasteiger partial charge in [-0.15, -0.1) is 0 Å². The quantitative estimate of drug-likeness (QED) is 0.727. The highest BCUT2D eigenvalue weighted by atomic mass is 79.9. The van der Waals surface area contributed by atoms with Crippen molar-refractivity contribution < 1.29 is 4.74 Å². The Kier molecular flexibility index (Phi) is 4.21. The Hall–Kier alpha value is -1.54. The van der Waals surface area contributed by atoms with E-state index in [0.29, 0.717) is 12.4 Å². The van der Waals surface area contributed by atoms with Gasteiger partial charge in [0.25, 0.3) is 0 Å². The Morgan fingerprint density at radius 3 is 2.56 bits per heavy atom. The van der Waals surface area contributed by atoms with Crippen molar-refractivity contribution in [3.05, 3.63) is 76.3 Å². The first-order valence-electron chi connectivity index (χ1n) is 5.79. The van der Waals surface area contributed by atoms with Crippen molar-refractivity contribution in [2.45, 2.75) is 13.5 Å². The normalized spacial score (nSPS) is 10.1. The van der Waals surface area contributed by atoms with Crippen molar-refractivity contribution in [1.82, 2.24) is 0 Å². The standard InChI is InChI=1S/C16H15BrO/c1-12-10-15(17)8-9-16(12)13(2)18-11-14-6-4-3-5-7-14/h3-10H,2,11H2,1H3. The van der Waals surface area contributed by atoms with Crippen LogP contribution in [0.3, 0.4) is 0 Å². The third-order valence-electron chi connectivity index (χ3n) is 2.74. The van der Waals surface area contributed by atoms with Crippen LogP contribution in [-0.4, -0.2) is 0 Å². The lowest BCUT2D eigenvalue weighted by Gasteiger charge is -2.12. The van der Waals surface area contributed by atoms with E-state index in [9.17, 15) is 0 Å². The maximum Gasteiger partial charge on any atom is 0.120 e. The average Bonchev–Trinajstić information content (AvgIpc) is 2.37. The molecule has 0 aliphatic carbocycles. The summed E-state index contributed by atoms with van der Waals surface area (Å²) in [5.41, 5.74) is 3.35. The van der Waals surface area contributed by atoms with E-state index in [1.54, 1.807) is 0 Å². The summed E-state index contributed by atoms with van der Waals surface area (Å²) in [6, 6.07) is 16.2. The Morgan fingerprint density at radius 1 is 1.17 bits per heavy atom. The first-order valence-corrected chi connectivity index (χ1v) is 6.58. The molecule has 0 fully saturated rings. The van der Waals surface area contributed by atoms with Crippen molar-refractivity contribution in [1.29, 1.82) is 0 Å². The molecule has 0 aliphatic heterocycles. The lowest BCUT2D eigenvalue weighted by molar-refractivity contribution is 0.265. The minimum atomic E-state index is 0.551. The van der Waals surface area contributed by atoms with E-state index in [2.05, 4.69) is 35.5 Å². The zero-order valence-corrected chi connectivity index (χ0v) is 11.9. The number of hydrogen-bond acceptors (Lipinski definition) is 1. The van der Waals surface area contributed by atoms with Crippen LogP contribution in [-0.2, 0) is 11.3 Å². The summed E-state index contributed by atoms with van der Waals surface area (Å²) in [5.74, 6) is 0.712. The van der Waals surface area contributed by atoms with Crippen LogP contribution in [0, 0.1) is 6.92 Å². The predicted molar refractivity (Wildman–Crippen MR) is 79.1 cm³/mol. The third kappa shape index (κ3) is 3.23. The Bertz CT molecular complexity index is 546. The highest BCUT2D eigenvalue weighted by molar-refractivity contribution is 9.10. The van der Waals surface area contributed by atoms with Crippen molar-refractivity contribution in [2.75, 3.05) is 0 Å². The summed E-state index contributed by atoms with van der Waals surface area (Å²) in [6.45, 7) is 6.60. The number of aryl methyl sites for hydroxylation is 1. The molecule has 0 unspecified atom stereocenters. The summed E-state index contributed by atoms with van der Waals surface area (Å²) in [7, 11) is 0. The molecule has 0 spiro atoms. The summed E-state index contributed by atoms with van der Waals surface area (Å²) in [5, 5.41) is 0. The van der Waals surface area contributed by atoms with Gasteiger partial charge in [-0.25, -0.2) is 0 Å². The van der Waals surface area contributed by atoms with E-state index in [0.717, 1.165) is 21.2 Å². The molecule has 2 heteroatoms. The van der Waals surface area contributed by atoms with Crippen LogP contribution in [0.1, 0.15) is 16.7 Å². The first kappa shape index (κ1) is 12.9. The Balaban J connectivity index is 2.04. The third-order valence-corrected chi connectivity index (χ3v) is 3.24. The monoisotopic (exact) mass is 302 g/mol. The Labute approximate surface area is 116 Å². The maximum atomic E-state index is 5.73. The molecule has 18 heavy (non-hydrogen) atoms. The molecule has 2 rings (SSSR count). The fourth-order valence-electron chi connectivity index (χ4n) is 1.76. The summed E-state index contributed by atoms with van der Waals surface area (Å²) in [4.78, 5) is 0. The fourth-order valence-corrected chi connectivity index (χ4v) is 2.24. The second-order valence-electron chi connectivity index (χ2n) is 4.16. The minimum absolute atomic E-state index is 0.551. The predicted octanol–water partition coefficient (Wildman–Crippen LogP) is 4.95. The van der Waals surface area contributed by atoms with Crippen LogP contribution in [0.15, 0.2) is 59.6 Å². The van der Waals surface area contributed by atoms with Crippen molar-refractivity contribution >= 4 is 21.7 Å². The minimum Gasteiger partial charge on any atom is -0.489 e. The highest BCUT2D eigenvalue weighted by Gasteiger charge is 2.04. The molecule has 0 bridgehead atoms. The van der Waals surface area contributed by atoms with Crippen LogP contribution < -0.4 is 0 Å². The molecular formula is C16H15BrO. The molecule has 2 aromatic carbocycles. The highest BCUT2D eigenvalue weighted by Crippen LogP contribution is 2.23. The maximum absolute atomic E-state index is 5.73. The average molecular weight is 303 g/mol. The van der Waals surface area contributed by atoms with Crippen LogP contribution >= 0.6 is 15.9 Å². The molecule has 2 aromatic rings. The van der Waals surface area contributed by atoms with E-state index < -0.39 is 0 Å². The van der Waals surface area contributed by atoms with Crippen LogP contribution in [0.2, 0.25) is 0 Å². The molecule has 1 nitrogen and oxygen atoms in total. The zero-order chi connectivity index (χ0) is 13.0. The fraction of sp³-hybridized carbons (Fsp3) is 0.125. The molecule has 0 saturated heterocycles. The molecule has 0 N–H and O–H groups in total. The van der Waals surface area contributed by atoms with Crippen LogP contribution in [0.25, 0.3) is 5.76 Å². The number of halogens is 1. The van der Waals surface area contributed by atoms with Crippen molar-refractivity contribution in [3.8, 4) is 0 Å². The van der Waals surface area contributed by atoms with Gasteiger partial charge in [0, 0.05) is 10.0 Å². The van der Waals surface area contributed by atoms with Gasteiger partial charge in [0.1, 0.15) is 12.4 Å². The summed E-state index contributed by atoms with van der Waals surface area (Å²) in [6.07, 6.45) is 0. The number of ether oxygens (including phenoxy) is 1. The van der Waals surface area contributed by atoms with Crippen LogP contribution in [0.5, 0.6) is 0 Å². The Morgan fingerprint density at radius 2 is 1.89 bits per heavy atom. The summed E-state index contributed by atoms with van der Waals surface area (Å²) < 4.78 is 6.79. The molecule has 0 saturated carbocycles. The van der Waals surface area contributed by atoms with Gasteiger partial charge < -0.3 is 4.74 Å². The molecular weight excluding hydrogens is 288 g/mol. The van der Waals surface area contributed by atoms with Crippen LogP contribution in [0.4, 0.5) is 0 Å². The topological polar surface area (TPSA) is 9.23 Å². The van der Waals surface area contributed by atoms with Gasteiger partial charge in [0.05, 0.1) is 0 Å². The second-order valence-corrected chi connectivity index (χ2v) is 5.07. The molecule has 0 radical (unpaired) electrons. The van der Waals surface area contributed by atoms with E-state index in [4.69, 9.17) is 4.74 Å². The lowest BCUT2D eigenvalue weighted by atomic mass is 10.1. The lowest BCUT2D eigenvalue weighted by Crippen LogP contribution is -1.94. The van der Waals surface area contributed by atoms with Gasteiger partial charge in [0.2, 0.25) is 0 Å². The smallest absolute Gasteiger partial charge is 0.120 e. The van der Waals surface area contributed by atoms with Gasteiger partial charge in [-0.3, -0.25) is 0 Å². The SMILES string of the molecule is C=C(OCc1ccccc1)c1ccc(Br)cc1C. The van der Waals surface area contributed by atoms with E-state index >= 15 is 0 Å². The largest absolute Gasteiger partial charge is 0.489 e. The second kappa shape index (κ2) is 5.87. The van der Waals surface area contributed by atoms with Gasteiger partial charge in [-0.2, -0.15) is 0 Å². The molecule has 92 valence electrons. The van der Waals surface area contributed by atoms with E-state index in [1.807, 2.05) is 42.5 Å². The molecule has 0 amide bonds. The van der Waals surface area contributed by atoms with Gasteiger partial charge in [0.15, 0.2) is 0 Å². The number of hydrogen-bond donors (Lipinski definition) is 0. The van der Waals surface area contributed by atoms with Gasteiger partial charge >= 0.3 is 0 Å². The first-order chi connectivity index (χ1) is 8.66. The number of rotatable bonds is 4. The summed E-state index contributed by atoms with van der Waals surface area (Å²) >= 11 is 3.45. The van der Waals surface area contributed by atoms with Gasteiger partial charge in [-0.1, -0.05) is 52.8 Å². The molecule has 0 aliphatic rings. The number of benzene rings is 2. The van der Waals surface area contributed by atoms with E-state index in [1.165, 1.54) is 0 Å². The van der Waals surface area contributed by atoms with Crippen molar-refractivity contribution in [3.63, 3.8) is 0 Å². The molecule has 0 heterocycles.